The van der Waals surface area contributed by atoms with Crippen LogP contribution < -0.4 is 20.9 Å². The predicted octanol–water partition coefficient (Wildman–Crippen LogP) is 1.49. The molecule has 30 heavy (non-hydrogen) atoms. The number of fused-ring (bicyclic) bond motifs is 2. The van der Waals surface area contributed by atoms with Gasteiger partial charge in [0, 0.05) is 12.6 Å². The number of amides is 2. The van der Waals surface area contributed by atoms with Crippen LogP contribution in [-0.4, -0.2) is 40.3 Å². The summed E-state index contributed by atoms with van der Waals surface area (Å²) in [5.74, 6) is -0.657. The number of aryl methyl sites for hydroxylation is 1. The minimum atomic E-state index is -0.623. The average molecular weight is 426 g/mol. The van der Waals surface area contributed by atoms with E-state index < -0.39 is 17.6 Å². The van der Waals surface area contributed by atoms with E-state index in [1.807, 2.05) is 0 Å². The highest BCUT2D eigenvalue weighted by molar-refractivity contribution is 7.20. The lowest BCUT2D eigenvalue weighted by atomic mass is 10.1. The van der Waals surface area contributed by atoms with E-state index in [4.69, 9.17) is 10.5 Å². The number of thiophene rings is 1. The summed E-state index contributed by atoms with van der Waals surface area (Å²) in [5.41, 5.74) is 6.21. The van der Waals surface area contributed by atoms with Crippen LogP contribution in [0.3, 0.4) is 0 Å². The van der Waals surface area contributed by atoms with E-state index in [9.17, 15) is 19.2 Å². The zero-order chi connectivity index (χ0) is 21.7. The number of primary amides is 1. The normalized spacial score (nSPS) is 15.8. The van der Waals surface area contributed by atoms with Gasteiger partial charge in [-0.1, -0.05) is 0 Å². The van der Waals surface area contributed by atoms with Crippen molar-refractivity contribution < 1.29 is 19.1 Å². The van der Waals surface area contributed by atoms with E-state index in [-0.39, 0.29) is 28.5 Å². The monoisotopic (exact) mass is 426 g/mol. The Kier molecular flexibility index (Phi) is 4.65. The van der Waals surface area contributed by atoms with Gasteiger partial charge in [-0.3, -0.25) is 23.7 Å². The summed E-state index contributed by atoms with van der Waals surface area (Å²) in [7, 11) is 1.62. The van der Waals surface area contributed by atoms with Crippen LogP contribution in [-0.2, 0) is 11.3 Å². The molecule has 1 aliphatic heterocycles. The molecule has 2 amide bonds. The van der Waals surface area contributed by atoms with Crippen LogP contribution in [0.4, 0.5) is 5.69 Å². The molecule has 0 radical (unpaired) electrons. The minimum absolute atomic E-state index is 0.212. The second-order valence-electron chi connectivity index (χ2n) is 7.04. The maximum absolute atomic E-state index is 12.9. The number of rotatable bonds is 4. The van der Waals surface area contributed by atoms with Crippen LogP contribution in [0.25, 0.3) is 10.2 Å². The molecule has 4 rings (SSSR count). The Morgan fingerprint density at radius 1 is 1.30 bits per heavy atom. The van der Waals surface area contributed by atoms with Crippen LogP contribution in [0.5, 0.6) is 5.75 Å². The van der Waals surface area contributed by atoms with Crippen LogP contribution in [0.1, 0.15) is 32.5 Å². The maximum atomic E-state index is 12.9. The number of carbonyl (C=O) groups excluding carboxylic acids is 3. The Hall–Kier alpha value is -3.53. The zero-order valence-corrected chi connectivity index (χ0v) is 17.3. The van der Waals surface area contributed by atoms with E-state index in [1.165, 1.54) is 15.8 Å². The standard InChI is InChI=1S/C20H18N4O5S/c1-9-15-18(30-16(9)17(21)26)22-8-24(20(15)28)7-13(25)11-4-5-14-12(6-11)23(3)19(27)10(2)29-14/h4-6,8,10H,7H2,1-3H3,(H2,21,26). The molecule has 1 unspecified atom stereocenters. The molecule has 0 saturated carbocycles. The number of hydrogen-bond acceptors (Lipinski definition) is 7. The molecular formula is C20H18N4O5S. The highest BCUT2D eigenvalue weighted by Crippen LogP contribution is 2.34. The van der Waals surface area contributed by atoms with Crippen molar-refractivity contribution in [1.82, 2.24) is 9.55 Å². The Morgan fingerprint density at radius 2 is 2.03 bits per heavy atom. The Labute approximate surface area is 174 Å². The fourth-order valence-electron chi connectivity index (χ4n) is 3.44. The highest BCUT2D eigenvalue weighted by Gasteiger charge is 2.29. The summed E-state index contributed by atoms with van der Waals surface area (Å²) in [4.78, 5) is 55.7. The van der Waals surface area contributed by atoms with Gasteiger partial charge in [0.15, 0.2) is 11.9 Å². The summed E-state index contributed by atoms with van der Waals surface area (Å²) >= 11 is 1.05. The molecule has 3 heterocycles. The molecule has 10 heteroatoms. The van der Waals surface area contributed by atoms with Crippen molar-refractivity contribution in [2.75, 3.05) is 11.9 Å². The first kappa shape index (κ1) is 19.8. The minimum Gasteiger partial charge on any atom is -0.479 e. The summed E-state index contributed by atoms with van der Waals surface area (Å²) in [6.45, 7) is 3.05. The van der Waals surface area contributed by atoms with Crippen molar-refractivity contribution in [3.05, 3.63) is 50.9 Å². The molecule has 0 fully saturated rings. The van der Waals surface area contributed by atoms with Gasteiger partial charge in [0.2, 0.25) is 0 Å². The number of ether oxygens (including phenoxy) is 1. The van der Waals surface area contributed by atoms with Gasteiger partial charge < -0.3 is 15.4 Å². The molecule has 154 valence electrons. The van der Waals surface area contributed by atoms with E-state index in [1.54, 1.807) is 39.1 Å². The third kappa shape index (κ3) is 3.05. The average Bonchev–Trinajstić information content (AvgIpc) is 3.05. The number of anilines is 1. The second-order valence-corrected chi connectivity index (χ2v) is 8.04. The molecule has 3 aromatic rings. The number of Topliss-reactive ketones (excluding diaryl/α,β-unsaturated/α-hetero) is 1. The van der Waals surface area contributed by atoms with Crippen LogP contribution >= 0.6 is 11.3 Å². The number of hydrogen-bond donors (Lipinski definition) is 1. The number of likely N-dealkylation sites (N-methyl/N-ethyl adjacent to an activating group) is 1. The first-order valence-corrected chi connectivity index (χ1v) is 9.90. The number of aromatic nitrogens is 2. The van der Waals surface area contributed by atoms with Gasteiger partial charge in [-0.05, 0) is 37.6 Å². The Balaban J connectivity index is 1.68. The number of ketones is 1. The van der Waals surface area contributed by atoms with Crippen molar-refractivity contribution in [3.63, 3.8) is 0 Å². The van der Waals surface area contributed by atoms with E-state index in [0.717, 1.165) is 11.3 Å². The van der Waals surface area contributed by atoms with Crippen LogP contribution in [0, 0.1) is 6.92 Å². The van der Waals surface area contributed by atoms with Gasteiger partial charge in [-0.15, -0.1) is 11.3 Å². The summed E-state index contributed by atoms with van der Waals surface area (Å²) in [6.07, 6.45) is 0.682. The van der Waals surface area contributed by atoms with E-state index in [0.29, 0.717) is 27.4 Å². The van der Waals surface area contributed by atoms with E-state index >= 15 is 0 Å². The lowest BCUT2D eigenvalue weighted by molar-refractivity contribution is -0.125. The summed E-state index contributed by atoms with van der Waals surface area (Å²) in [5, 5.41) is 0.280. The van der Waals surface area contributed by atoms with Gasteiger partial charge in [0.1, 0.15) is 10.6 Å². The largest absolute Gasteiger partial charge is 0.479 e. The smallest absolute Gasteiger partial charge is 0.267 e. The highest BCUT2D eigenvalue weighted by atomic mass is 32.1. The Morgan fingerprint density at radius 3 is 2.73 bits per heavy atom. The SMILES string of the molecule is Cc1c(C(N)=O)sc2ncn(CC(=O)c3ccc4c(c3)N(C)C(=O)C(C)O4)c(=O)c12. The first-order valence-electron chi connectivity index (χ1n) is 9.09. The molecular weight excluding hydrogens is 408 g/mol. The molecule has 1 aromatic carbocycles. The Bertz CT molecular complexity index is 1290. The van der Waals surface area contributed by atoms with Crippen LogP contribution in [0.15, 0.2) is 29.3 Å². The fraction of sp³-hybridized carbons (Fsp3) is 0.250. The predicted molar refractivity (Wildman–Crippen MR) is 111 cm³/mol. The molecule has 1 aliphatic rings. The molecule has 0 spiro atoms. The van der Waals surface area contributed by atoms with Crippen molar-refractivity contribution in [2.24, 2.45) is 5.73 Å². The molecule has 0 aliphatic carbocycles. The molecule has 1 atom stereocenters. The van der Waals surface area contributed by atoms with Gasteiger partial charge >= 0.3 is 0 Å². The second kappa shape index (κ2) is 7.06. The maximum Gasteiger partial charge on any atom is 0.267 e. The lowest BCUT2D eigenvalue weighted by Crippen LogP contribution is -2.42. The molecule has 9 nitrogen and oxygen atoms in total. The summed E-state index contributed by atoms with van der Waals surface area (Å²) < 4.78 is 6.76. The van der Waals surface area contributed by atoms with Crippen molar-refractivity contribution in [1.29, 1.82) is 0 Å². The number of nitrogens with zero attached hydrogens (tertiary/aromatic N) is 3. The van der Waals surface area contributed by atoms with Gasteiger partial charge in [0.25, 0.3) is 17.4 Å². The van der Waals surface area contributed by atoms with Crippen LogP contribution in [0.2, 0.25) is 0 Å². The fourth-order valence-corrected chi connectivity index (χ4v) is 4.43. The zero-order valence-electron chi connectivity index (χ0n) is 16.5. The first-order chi connectivity index (χ1) is 14.2. The quantitative estimate of drug-likeness (QED) is 0.630. The number of nitrogens with two attached hydrogens (primary N) is 1. The van der Waals surface area contributed by atoms with Crippen molar-refractivity contribution >= 4 is 44.8 Å². The van der Waals surface area contributed by atoms with Crippen molar-refractivity contribution in [2.45, 2.75) is 26.5 Å². The molecule has 2 N–H and O–H groups in total. The molecule has 0 bridgehead atoms. The van der Waals surface area contributed by atoms with Gasteiger partial charge in [-0.2, -0.15) is 0 Å². The van der Waals surface area contributed by atoms with E-state index in [2.05, 4.69) is 4.98 Å². The van der Waals surface area contributed by atoms with Gasteiger partial charge in [0.05, 0.1) is 28.8 Å². The number of benzene rings is 1. The lowest BCUT2D eigenvalue weighted by Gasteiger charge is -2.30. The van der Waals surface area contributed by atoms with Gasteiger partial charge in [-0.25, -0.2) is 4.98 Å². The third-order valence-electron chi connectivity index (χ3n) is 5.08. The van der Waals surface area contributed by atoms with Crippen molar-refractivity contribution in [3.8, 4) is 5.75 Å². The molecule has 0 saturated heterocycles. The summed E-state index contributed by atoms with van der Waals surface area (Å²) in [6, 6.07) is 4.80. The number of carbonyl (C=O) groups is 3. The topological polar surface area (TPSA) is 125 Å². The molecule has 2 aromatic heterocycles. The third-order valence-corrected chi connectivity index (χ3v) is 6.29.